The van der Waals surface area contributed by atoms with E-state index in [4.69, 9.17) is 4.74 Å². The maximum absolute atomic E-state index is 12.7. The van der Waals surface area contributed by atoms with Gasteiger partial charge < -0.3 is 9.84 Å². The molecule has 130 valence electrons. The molecule has 10 heteroatoms. The number of sulfone groups is 1. The fourth-order valence-corrected chi connectivity index (χ4v) is 5.07. The Morgan fingerprint density at radius 2 is 1.71 bits per heavy atom. The minimum Gasteiger partial charge on any atom is -0.494 e. The highest BCUT2D eigenvalue weighted by Gasteiger charge is 2.59. The monoisotopic (exact) mass is 356 g/mol. The molecule has 1 N–H and O–H groups in total. The van der Waals surface area contributed by atoms with Crippen LogP contribution in [0.3, 0.4) is 0 Å². The molecule has 0 atom stereocenters. The van der Waals surface area contributed by atoms with Crippen molar-refractivity contribution in [3.63, 3.8) is 0 Å². The third-order valence-electron chi connectivity index (χ3n) is 4.57. The number of carbonyl (C=O) groups excluding carboxylic acids is 1. The summed E-state index contributed by atoms with van der Waals surface area (Å²) in [5.74, 6) is -1.77. The molecule has 0 amide bonds. The highest BCUT2D eigenvalue weighted by molar-refractivity contribution is 7.98. The van der Waals surface area contributed by atoms with Crippen LogP contribution in [0, 0.1) is 0 Å². The summed E-state index contributed by atoms with van der Waals surface area (Å²) < 4.78 is 32.1. The third-order valence-corrected chi connectivity index (χ3v) is 6.90. The molecule has 1 saturated carbocycles. The van der Waals surface area contributed by atoms with Gasteiger partial charge in [-0.1, -0.05) is 0 Å². The van der Waals surface area contributed by atoms with Gasteiger partial charge in [-0.3, -0.25) is 13.9 Å². The molecular weight excluding hydrogens is 340 g/mol. The Morgan fingerprint density at radius 1 is 1.12 bits per heavy atom. The van der Waals surface area contributed by atoms with E-state index in [0.29, 0.717) is 17.4 Å². The first-order chi connectivity index (χ1) is 11.1. The molecule has 1 aliphatic heterocycles. The van der Waals surface area contributed by atoms with Gasteiger partial charge >= 0.3 is 11.7 Å². The van der Waals surface area contributed by atoms with E-state index in [1.807, 2.05) is 0 Å². The molecule has 1 spiro atoms. The van der Waals surface area contributed by atoms with Gasteiger partial charge in [-0.05, 0) is 18.9 Å². The van der Waals surface area contributed by atoms with Crippen LogP contribution >= 0.6 is 0 Å². The molecule has 3 rings (SSSR count). The zero-order valence-corrected chi connectivity index (χ0v) is 13.9. The number of nitrogens with zero attached hydrogens (tertiary/aromatic N) is 2. The average molecular weight is 356 g/mol. The average Bonchev–Trinajstić information content (AvgIpc) is 3.06. The fourth-order valence-electron chi connectivity index (χ4n) is 3.12. The maximum Gasteiger partial charge on any atom is 0.351 e. The lowest BCUT2D eigenvalue weighted by molar-refractivity contribution is -0.143. The van der Waals surface area contributed by atoms with Crippen LogP contribution in [0.15, 0.2) is 14.5 Å². The van der Waals surface area contributed by atoms with Gasteiger partial charge in [0, 0.05) is 26.9 Å². The van der Waals surface area contributed by atoms with E-state index in [1.165, 1.54) is 14.1 Å². The largest absolute Gasteiger partial charge is 0.494 e. The molecule has 0 bridgehead atoms. The number of hydrogen-bond acceptors (Lipinski definition) is 7. The second-order valence-corrected chi connectivity index (χ2v) is 8.15. The molecule has 1 aromatic heterocycles. The Labute approximate surface area is 136 Å². The van der Waals surface area contributed by atoms with E-state index >= 15 is 0 Å². The molecule has 2 fully saturated rings. The van der Waals surface area contributed by atoms with E-state index < -0.39 is 48.3 Å². The first kappa shape index (κ1) is 16.5. The minimum absolute atomic E-state index is 0.204. The van der Waals surface area contributed by atoms with Crippen LogP contribution in [0.4, 0.5) is 0 Å². The Bertz CT molecular complexity index is 991. The Morgan fingerprint density at radius 3 is 2.29 bits per heavy atom. The SMILES string of the molecule is Cn1c(O)c(/C=C2\C(=O)OC3(CCCC3)S2(=O)=O)c(=O)n(C)c1=O. The Kier molecular flexibility index (Phi) is 3.48. The van der Waals surface area contributed by atoms with Crippen molar-refractivity contribution in [2.75, 3.05) is 0 Å². The van der Waals surface area contributed by atoms with Gasteiger partial charge in [0.05, 0.1) is 0 Å². The van der Waals surface area contributed by atoms with Crippen molar-refractivity contribution < 1.29 is 23.1 Å². The molecule has 2 aliphatic rings. The number of aromatic hydroxyl groups is 1. The van der Waals surface area contributed by atoms with Crippen LogP contribution in [0.5, 0.6) is 5.88 Å². The van der Waals surface area contributed by atoms with Crippen molar-refractivity contribution in [2.45, 2.75) is 30.6 Å². The summed E-state index contributed by atoms with van der Waals surface area (Å²) in [6, 6.07) is 0. The summed E-state index contributed by atoms with van der Waals surface area (Å²) in [6.45, 7) is 0. The van der Waals surface area contributed by atoms with E-state index in [-0.39, 0.29) is 12.8 Å². The lowest BCUT2D eigenvalue weighted by Crippen LogP contribution is -2.38. The molecule has 9 nitrogen and oxygen atoms in total. The highest BCUT2D eigenvalue weighted by atomic mass is 32.2. The molecule has 1 aliphatic carbocycles. The molecule has 1 aromatic rings. The Hall–Kier alpha value is -2.36. The summed E-state index contributed by atoms with van der Waals surface area (Å²) in [6.07, 6.45) is 2.44. The van der Waals surface area contributed by atoms with Gasteiger partial charge in [0.2, 0.25) is 20.7 Å². The van der Waals surface area contributed by atoms with Gasteiger partial charge in [0.25, 0.3) is 5.56 Å². The number of ether oxygens (including phenoxy) is 1. The topological polar surface area (TPSA) is 125 Å². The molecule has 0 radical (unpaired) electrons. The van der Waals surface area contributed by atoms with E-state index in [1.54, 1.807) is 0 Å². The van der Waals surface area contributed by atoms with E-state index in [0.717, 1.165) is 10.6 Å². The number of esters is 1. The number of rotatable bonds is 1. The first-order valence-corrected chi connectivity index (χ1v) is 8.79. The lowest BCUT2D eigenvalue weighted by Gasteiger charge is -2.18. The number of aromatic nitrogens is 2. The predicted molar refractivity (Wildman–Crippen MR) is 82.8 cm³/mol. The lowest BCUT2D eigenvalue weighted by atomic mass is 10.2. The third kappa shape index (κ3) is 1.98. The quantitative estimate of drug-likeness (QED) is 0.525. The van der Waals surface area contributed by atoms with Crippen molar-refractivity contribution >= 4 is 21.9 Å². The van der Waals surface area contributed by atoms with Crippen molar-refractivity contribution in [3.8, 4) is 5.88 Å². The molecule has 0 unspecified atom stereocenters. The molecule has 1 saturated heterocycles. The van der Waals surface area contributed by atoms with Crippen LogP contribution in [0.1, 0.15) is 31.2 Å². The van der Waals surface area contributed by atoms with Crippen LogP contribution in [0.25, 0.3) is 6.08 Å². The minimum atomic E-state index is -4.10. The number of carbonyl (C=O) groups is 1. The summed E-state index contributed by atoms with van der Waals surface area (Å²) in [4.78, 5) is 33.8. The normalized spacial score (nSPS) is 23.1. The van der Waals surface area contributed by atoms with Crippen molar-refractivity contribution in [1.82, 2.24) is 9.13 Å². The van der Waals surface area contributed by atoms with E-state index in [9.17, 15) is 27.9 Å². The molecular formula is C14H16N2O7S. The van der Waals surface area contributed by atoms with Crippen molar-refractivity contribution in [3.05, 3.63) is 31.3 Å². The summed E-state index contributed by atoms with van der Waals surface area (Å²) in [5, 5.41) is 10.0. The second kappa shape index (κ2) is 5.07. The van der Waals surface area contributed by atoms with Crippen LogP contribution in [-0.2, 0) is 33.5 Å². The molecule has 0 aromatic carbocycles. The molecule has 24 heavy (non-hydrogen) atoms. The zero-order valence-electron chi connectivity index (χ0n) is 13.1. The van der Waals surface area contributed by atoms with Crippen LogP contribution in [0.2, 0.25) is 0 Å². The van der Waals surface area contributed by atoms with Crippen LogP contribution < -0.4 is 11.2 Å². The fraction of sp³-hybridized carbons (Fsp3) is 0.500. The predicted octanol–water partition coefficient (Wildman–Crippen LogP) is -0.628. The van der Waals surface area contributed by atoms with Crippen LogP contribution in [-0.4, -0.2) is 33.6 Å². The highest BCUT2D eigenvalue weighted by Crippen LogP contribution is 2.46. The second-order valence-electron chi connectivity index (χ2n) is 5.96. The van der Waals surface area contributed by atoms with Crippen molar-refractivity contribution in [2.24, 2.45) is 14.1 Å². The van der Waals surface area contributed by atoms with E-state index in [2.05, 4.69) is 0 Å². The summed E-state index contributed by atoms with van der Waals surface area (Å²) in [5.41, 5.74) is -2.13. The first-order valence-electron chi connectivity index (χ1n) is 7.31. The van der Waals surface area contributed by atoms with Crippen molar-refractivity contribution in [1.29, 1.82) is 0 Å². The number of hydrogen-bond donors (Lipinski definition) is 1. The summed E-state index contributed by atoms with van der Waals surface area (Å²) in [7, 11) is -1.69. The smallest absolute Gasteiger partial charge is 0.351 e. The standard InChI is InChI=1S/C14H16N2O7S/c1-15-10(17)8(11(18)16(2)13(15)20)7-9-12(19)23-14(24(9,21)22)5-3-4-6-14/h7,17H,3-6H2,1-2H3/b9-7+. The zero-order chi connectivity index (χ0) is 17.9. The van der Waals surface area contributed by atoms with Gasteiger partial charge in [-0.2, -0.15) is 0 Å². The van der Waals surface area contributed by atoms with Gasteiger partial charge in [-0.15, -0.1) is 0 Å². The molecule has 2 heterocycles. The van der Waals surface area contributed by atoms with Gasteiger partial charge in [-0.25, -0.2) is 18.0 Å². The van der Waals surface area contributed by atoms with Gasteiger partial charge in [0.15, 0.2) is 4.91 Å². The van der Waals surface area contributed by atoms with Gasteiger partial charge in [0.1, 0.15) is 5.56 Å². The maximum atomic E-state index is 12.7. The Balaban J connectivity index is 2.26. The summed E-state index contributed by atoms with van der Waals surface area (Å²) >= 11 is 0.